The molecule has 6 nitrogen and oxygen atoms in total. The zero-order valence-electron chi connectivity index (χ0n) is 13.7. The van der Waals surface area contributed by atoms with E-state index in [0.29, 0.717) is 22.6 Å². The average molecular weight is 422 g/mol. The predicted octanol–water partition coefficient (Wildman–Crippen LogP) is 2.78. The van der Waals surface area contributed by atoms with Crippen LogP contribution >= 0.6 is 15.9 Å². The van der Waals surface area contributed by atoms with Crippen molar-refractivity contribution in [2.24, 2.45) is 0 Å². The molecule has 1 aliphatic heterocycles. The quantitative estimate of drug-likeness (QED) is 0.827. The van der Waals surface area contributed by atoms with Crippen molar-refractivity contribution in [3.05, 3.63) is 52.5 Å². The Morgan fingerprint density at radius 2 is 2.00 bits per heavy atom. The molecule has 1 aliphatic rings. The monoisotopic (exact) mass is 421 g/mol. The Labute approximate surface area is 156 Å². The number of amides is 2. The standard InChI is InChI=1S/C17H16BrN3O3S/c1-20(25(2)24)14-6-4-3-5-12(14)17(23)21-10-16(22)19-13-9-11(18)7-8-15(13)21/h3-9H,10H2,1-2H3,(H,19,22). The lowest BCUT2D eigenvalue weighted by atomic mass is 10.1. The normalized spacial score (nSPS) is 14.5. The highest BCUT2D eigenvalue weighted by molar-refractivity contribution is 9.10. The van der Waals surface area contributed by atoms with Gasteiger partial charge in [0.25, 0.3) is 5.91 Å². The van der Waals surface area contributed by atoms with Gasteiger partial charge in [0.2, 0.25) is 5.91 Å². The summed E-state index contributed by atoms with van der Waals surface area (Å²) in [5.41, 5.74) is 2.15. The van der Waals surface area contributed by atoms with Gasteiger partial charge in [-0.2, -0.15) is 0 Å². The molecule has 0 saturated carbocycles. The Bertz CT molecular complexity index is 887. The summed E-state index contributed by atoms with van der Waals surface area (Å²) in [6.07, 6.45) is 1.54. The highest BCUT2D eigenvalue weighted by atomic mass is 79.9. The Morgan fingerprint density at radius 3 is 2.72 bits per heavy atom. The first-order valence-electron chi connectivity index (χ1n) is 7.46. The molecule has 1 atom stereocenters. The summed E-state index contributed by atoms with van der Waals surface area (Å²) in [7, 11) is 0.392. The zero-order valence-corrected chi connectivity index (χ0v) is 16.1. The van der Waals surface area contributed by atoms with Crippen LogP contribution in [0.1, 0.15) is 10.4 Å². The number of fused-ring (bicyclic) bond motifs is 1. The number of nitrogens with zero attached hydrogens (tertiary/aromatic N) is 2. The van der Waals surface area contributed by atoms with E-state index in [1.165, 1.54) is 9.21 Å². The topological polar surface area (TPSA) is 69.7 Å². The fourth-order valence-electron chi connectivity index (χ4n) is 2.66. The molecular weight excluding hydrogens is 406 g/mol. The van der Waals surface area contributed by atoms with Gasteiger partial charge >= 0.3 is 0 Å². The van der Waals surface area contributed by atoms with Crippen molar-refractivity contribution in [2.45, 2.75) is 0 Å². The zero-order chi connectivity index (χ0) is 18.1. The molecular formula is C17H16BrN3O3S. The summed E-state index contributed by atoms with van der Waals surface area (Å²) in [6.45, 7) is -0.0687. The molecule has 130 valence electrons. The first-order valence-corrected chi connectivity index (χ1v) is 9.77. The van der Waals surface area contributed by atoms with Crippen LogP contribution in [0.5, 0.6) is 0 Å². The lowest BCUT2D eigenvalue weighted by Crippen LogP contribution is -2.42. The molecule has 0 fully saturated rings. The molecule has 1 N–H and O–H groups in total. The van der Waals surface area contributed by atoms with Crippen molar-refractivity contribution < 1.29 is 13.8 Å². The minimum absolute atomic E-state index is 0.0687. The smallest absolute Gasteiger partial charge is 0.260 e. The van der Waals surface area contributed by atoms with Gasteiger partial charge < -0.3 is 5.32 Å². The van der Waals surface area contributed by atoms with Crippen molar-refractivity contribution in [1.82, 2.24) is 0 Å². The van der Waals surface area contributed by atoms with Crippen molar-refractivity contribution >= 4 is 55.8 Å². The van der Waals surface area contributed by atoms with Crippen molar-refractivity contribution in [2.75, 3.05) is 34.4 Å². The number of para-hydroxylation sites is 1. The molecule has 2 aromatic rings. The Morgan fingerprint density at radius 1 is 1.28 bits per heavy atom. The van der Waals surface area contributed by atoms with E-state index in [0.717, 1.165) is 4.47 Å². The summed E-state index contributed by atoms with van der Waals surface area (Å²) < 4.78 is 14.2. The van der Waals surface area contributed by atoms with E-state index >= 15 is 0 Å². The van der Waals surface area contributed by atoms with Gasteiger partial charge in [-0.3, -0.25) is 18.8 Å². The van der Waals surface area contributed by atoms with Crippen LogP contribution < -0.4 is 14.5 Å². The maximum absolute atomic E-state index is 13.1. The third-order valence-corrected chi connectivity index (χ3v) is 5.39. The van der Waals surface area contributed by atoms with Gasteiger partial charge in [0.15, 0.2) is 0 Å². The van der Waals surface area contributed by atoms with Gasteiger partial charge in [-0.1, -0.05) is 28.1 Å². The van der Waals surface area contributed by atoms with Crippen LogP contribution in [0.2, 0.25) is 0 Å². The lowest BCUT2D eigenvalue weighted by Gasteiger charge is -2.30. The third kappa shape index (κ3) is 3.45. The molecule has 1 heterocycles. The molecule has 8 heteroatoms. The number of halogens is 1. The molecule has 0 spiro atoms. The van der Waals surface area contributed by atoms with Crippen molar-refractivity contribution in [1.29, 1.82) is 0 Å². The molecule has 2 aromatic carbocycles. The van der Waals surface area contributed by atoms with E-state index in [4.69, 9.17) is 0 Å². The van der Waals surface area contributed by atoms with Crippen LogP contribution in [-0.4, -0.2) is 35.9 Å². The Kier molecular flexibility index (Phi) is 4.91. The maximum Gasteiger partial charge on any atom is 0.260 e. The molecule has 1 unspecified atom stereocenters. The van der Waals surface area contributed by atoms with Crippen LogP contribution in [0.15, 0.2) is 46.9 Å². The summed E-state index contributed by atoms with van der Waals surface area (Å²) in [5, 5.41) is 2.77. The molecule has 0 radical (unpaired) electrons. The van der Waals surface area contributed by atoms with Crippen molar-refractivity contribution in [3.63, 3.8) is 0 Å². The largest absolute Gasteiger partial charge is 0.323 e. The minimum atomic E-state index is -1.27. The SMILES string of the molecule is CN(c1ccccc1C(=O)N1CC(=O)Nc2cc(Br)ccc21)S(C)=O. The maximum atomic E-state index is 13.1. The number of hydrogen-bond acceptors (Lipinski definition) is 3. The van der Waals surface area contributed by atoms with Crippen LogP contribution in [0.3, 0.4) is 0 Å². The lowest BCUT2D eigenvalue weighted by molar-refractivity contribution is -0.115. The summed E-state index contributed by atoms with van der Waals surface area (Å²) >= 11 is 3.36. The van der Waals surface area contributed by atoms with Crippen molar-refractivity contribution in [3.8, 4) is 0 Å². The number of carbonyl (C=O) groups is 2. The molecule has 3 rings (SSSR count). The number of benzene rings is 2. The first kappa shape index (κ1) is 17.6. The highest BCUT2D eigenvalue weighted by Crippen LogP contribution is 2.34. The Hall–Kier alpha value is -2.19. The van der Waals surface area contributed by atoms with Gasteiger partial charge in [-0.25, -0.2) is 4.21 Å². The second-order valence-electron chi connectivity index (χ2n) is 5.54. The van der Waals surface area contributed by atoms with Crippen LogP contribution in [0.25, 0.3) is 0 Å². The van der Waals surface area contributed by atoms with E-state index in [1.807, 2.05) is 6.07 Å². The van der Waals surface area contributed by atoms with Gasteiger partial charge in [0.05, 0.1) is 22.6 Å². The van der Waals surface area contributed by atoms with Crippen LogP contribution in [0.4, 0.5) is 17.1 Å². The minimum Gasteiger partial charge on any atom is -0.323 e. The van der Waals surface area contributed by atoms with Gasteiger partial charge in [-0.15, -0.1) is 0 Å². The predicted molar refractivity (Wildman–Crippen MR) is 103 cm³/mol. The van der Waals surface area contributed by atoms with Crippen LogP contribution in [0, 0.1) is 0 Å². The molecule has 2 amide bonds. The van der Waals surface area contributed by atoms with E-state index in [9.17, 15) is 13.8 Å². The molecule has 0 aliphatic carbocycles. The van der Waals surface area contributed by atoms with Gasteiger partial charge in [0.1, 0.15) is 17.5 Å². The van der Waals surface area contributed by atoms with Gasteiger partial charge in [-0.05, 0) is 30.3 Å². The van der Waals surface area contributed by atoms with E-state index in [1.54, 1.807) is 49.7 Å². The van der Waals surface area contributed by atoms with E-state index in [-0.39, 0.29) is 18.4 Å². The first-order chi connectivity index (χ1) is 11.9. The number of rotatable bonds is 3. The fraction of sp³-hybridized carbons (Fsp3) is 0.176. The molecule has 0 bridgehead atoms. The molecule has 0 aromatic heterocycles. The average Bonchev–Trinajstić information content (AvgIpc) is 2.59. The second kappa shape index (κ2) is 6.97. The van der Waals surface area contributed by atoms with E-state index in [2.05, 4.69) is 21.2 Å². The third-order valence-electron chi connectivity index (χ3n) is 3.93. The summed E-state index contributed by atoms with van der Waals surface area (Å²) in [5.74, 6) is -0.574. The summed E-state index contributed by atoms with van der Waals surface area (Å²) in [4.78, 5) is 26.6. The van der Waals surface area contributed by atoms with E-state index < -0.39 is 11.0 Å². The highest BCUT2D eigenvalue weighted by Gasteiger charge is 2.29. The second-order valence-corrected chi connectivity index (χ2v) is 7.85. The van der Waals surface area contributed by atoms with Gasteiger partial charge in [0, 0.05) is 17.8 Å². The number of carbonyl (C=O) groups excluding carboxylic acids is 2. The Balaban J connectivity index is 2.06. The fourth-order valence-corrected chi connectivity index (χ4v) is 3.45. The number of nitrogens with one attached hydrogen (secondary N) is 1. The molecule has 0 saturated heterocycles. The number of anilines is 3. The van der Waals surface area contributed by atoms with Crippen LogP contribution in [-0.2, 0) is 15.8 Å². The molecule has 25 heavy (non-hydrogen) atoms. The summed E-state index contributed by atoms with van der Waals surface area (Å²) in [6, 6.07) is 12.3. The number of hydrogen-bond donors (Lipinski definition) is 1.